The van der Waals surface area contributed by atoms with Crippen LogP contribution < -0.4 is 5.32 Å². The molecule has 5 nitrogen and oxygen atoms in total. The van der Waals surface area contributed by atoms with Gasteiger partial charge >= 0.3 is 0 Å². The van der Waals surface area contributed by atoms with Gasteiger partial charge in [0, 0.05) is 10.6 Å². The molecule has 0 aliphatic carbocycles. The van der Waals surface area contributed by atoms with Crippen LogP contribution in [0.15, 0.2) is 53.0 Å². The van der Waals surface area contributed by atoms with E-state index in [1.807, 2.05) is 66.3 Å². The Morgan fingerprint density at radius 2 is 2.04 bits per heavy atom. The van der Waals surface area contributed by atoms with Crippen LogP contribution in [0.3, 0.4) is 0 Å². The van der Waals surface area contributed by atoms with Crippen LogP contribution >= 0.6 is 23.1 Å². The third-order valence-corrected chi connectivity index (χ3v) is 5.47. The van der Waals surface area contributed by atoms with Gasteiger partial charge < -0.3 is 5.32 Å². The molecule has 2 aromatic heterocycles. The van der Waals surface area contributed by atoms with E-state index in [4.69, 9.17) is 0 Å². The molecule has 0 aliphatic heterocycles. The topological polar surface area (TPSA) is 59.8 Å². The molecule has 124 valence electrons. The molecule has 1 N–H and O–H groups in total. The predicted octanol–water partition coefficient (Wildman–Crippen LogP) is 3.61. The van der Waals surface area contributed by atoms with E-state index in [2.05, 4.69) is 15.5 Å². The third kappa shape index (κ3) is 3.85. The van der Waals surface area contributed by atoms with Gasteiger partial charge in [-0.3, -0.25) is 9.36 Å². The predicted molar refractivity (Wildman–Crippen MR) is 97.7 cm³/mol. The maximum absolute atomic E-state index is 12.2. The molecule has 1 unspecified atom stereocenters. The molecular formula is C17H18N4OS2. The molecule has 24 heavy (non-hydrogen) atoms. The fraction of sp³-hybridized carbons (Fsp3) is 0.235. The third-order valence-electron chi connectivity index (χ3n) is 3.49. The summed E-state index contributed by atoms with van der Waals surface area (Å²) in [5.74, 6) is 1.10. The Bertz CT molecular complexity index is 799. The van der Waals surface area contributed by atoms with E-state index in [0.717, 1.165) is 21.5 Å². The summed E-state index contributed by atoms with van der Waals surface area (Å²) in [6.45, 7) is 3.90. The zero-order valence-electron chi connectivity index (χ0n) is 13.5. The number of aryl methyl sites for hydroxylation is 1. The number of aromatic nitrogens is 3. The molecule has 1 amide bonds. The smallest absolute Gasteiger partial charge is 0.230 e. The second kappa shape index (κ2) is 7.63. The molecular weight excluding hydrogens is 340 g/mol. The fourth-order valence-corrected chi connectivity index (χ4v) is 3.88. The lowest BCUT2D eigenvalue weighted by atomic mass is 10.3. The number of hydrogen-bond donors (Lipinski definition) is 1. The lowest BCUT2D eigenvalue weighted by Crippen LogP contribution is -2.27. The fourth-order valence-electron chi connectivity index (χ4n) is 2.33. The van der Waals surface area contributed by atoms with Crippen LogP contribution in [-0.2, 0) is 4.79 Å². The second-order valence-corrected chi connectivity index (χ2v) is 7.22. The summed E-state index contributed by atoms with van der Waals surface area (Å²) in [4.78, 5) is 13.3. The van der Waals surface area contributed by atoms with E-state index in [1.54, 1.807) is 11.3 Å². The molecule has 0 aliphatic rings. The van der Waals surface area contributed by atoms with Crippen LogP contribution in [0.2, 0.25) is 0 Å². The Morgan fingerprint density at radius 3 is 2.75 bits per heavy atom. The van der Waals surface area contributed by atoms with Crippen LogP contribution in [0, 0.1) is 6.92 Å². The number of thiophene rings is 1. The van der Waals surface area contributed by atoms with Gasteiger partial charge in [0.05, 0.1) is 11.8 Å². The summed E-state index contributed by atoms with van der Waals surface area (Å²) in [6.07, 6.45) is 0. The van der Waals surface area contributed by atoms with Gasteiger partial charge in [0.1, 0.15) is 5.82 Å². The van der Waals surface area contributed by atoms with Crippen molar-refractivity contribution in [3.8, 4) is 5.69 Å². The quantitative estimate of drug-likeness (QED) is 0.684. The first-order valence-corrected chi connectivity index (χ1v) is 9.44. The summed E-state index contributed by atoms with van der Waals surface area (Å²) in [5.41, 5.74) is 0.995. The van der Waals surface area contributed by atoms with E-state index in [0.29, 0.717) is 5.75 Å². The maximum Gasteiger partial charge on any atom is 0.230 e. The maximum atomic E-state index is 12.2. The molecule has 3 rings (SSSR count). The van der Waals surface area contributed by atoms with Crippen LogP contribution in [0.5, 0.6) is 0 Å². The minimum atomic E-state index is -0.0128. The van der Waals surface area contributed by atoms with Crippen molar-refractivity contribution < 1.29 is 4.79 Å². The molecule has 0 bridgehead atoms. The number of hydrogen-bond acceptors (Lipinski definition) is 5. The highest BCUT2D eigenvalue weighted by Crippen LogP contribution is 2.22. The van der Waals surface area contributed by atoms with Gasteiger partial charge in [-0.1, -0.05) is 36.0 Å². The summed E-state index contributed by atoms with van der Waals surface area (Å²) < 4.78 is 1.96. The van der Waals surface area contributed by atoms with Gasteiger partial charge in [-0.2, -0.15) is 0 Å². The molecule has 2 heterocycles. The van der Waals surface area contributed by atoms with Crippen molar-refractivity contribution in [1.29, 1.82) is 0 Å². The number of rotatable bonds is 6. The van der Waals surface area contributed by atoms with Gasteiger partial charge in [-0.25, -0.2) is 0 Å². The van der Waals surface area contributed by atoms with Crippen molar-refractivity contribution in [2.75, 3.05) is 5.75 Å². The minimum Gasteiger partial charge on any atom is -0.348 e. The van der Waals surface area contributed by atoms with Crippen molar-refractivity contribution in [1.82, 2.24) is 20.1 Å². The molecule has 3 aromatic rings. The summed E-state index contributed by atoms with van der Waals surface area (Å²) in [5, 5.41) is 14.1. The lowest BCUT2D eigenvalue weighted by Gasteiger charge is -2.12. The molecule has 0 radical (unpaired) electrons. The number of thioether (sulfide) groups is 1. The molecule has 7 heteroatoms. The number of carbonyl (C=O) groups is 1. The number of carbonyl (C=O) groups excluding carboxylic acids is 1. The van der Waals surface area contributed by atoms with Gasteiger partial charge in [0.25, 0.3) is 0 Å². The van der Waals surface area contributed by atoms with Crippen LogP contribution in [-0.4, -0.2) is 26.4 Å². The van der Waals surface area contributed by atoms with E-state index < -0.39 is 0 Å². The standard InChI is InChI=1S/C17H18N4OS2/c1-12(15-9-6-10-23-15)18-16(22)11-24-17-20-19-13(2)21(17)14-7-4-3-5-8-14/h3-10,12H,11H2,1-2H3,(H,18,22). The van der Waals surface area contributed by atoms with Crippen molar-refractivity contribution in [2.24, 2.45) is 0 Å². The molecule has 0 saturated heterocycles. The Morgan fingerprint density at radius 1 is 1.25 bits per heavy atom. The number of para-hydroxylation sites is 1. The zero-order chi connectivity index (χ0) is 16.9. The van der Waals surface area contributed by atoms with Crippen molar-refractivity contribution in [2.45, 2.75) is 25.0 Å². The van der Waals surface area contributed by atoms with Crippen LogP contribution in [0.1, 0.15) is 23.7 Å². The van der Waals surface area contributed by atoms with Crippen LogP contribution in [0.25, 0.3) is 5.69 Å². The SMILES string of the molecule is Cc1nnc(SCC(=O)NC(C)c2cccs2)n1-c1ccccc1. The van der Waals surface area contributed by atoms with E-state index in [-0.39, 0.29) is 11.9 Å². The molecule has 1 atom stereocenters. The highest BCUT2D eigenvalue weighted by molar-refractivity contribution is 7.99. The zero-order valence-corrected chi connectivity index (χ0v) is 15.1. The van der Waals surface area contributed by atoms with Gasteiger partial charge in [0.15, 0.2) is 5.16 Å². The first-order valence-electron chi connectivity index (χ1n) is 7.58. The largest absolute Gasteiger partial charge is 0.348 e. The Labute approximate surface area is 149 Å². The summed E-state index contributed by atoms with van der Waals surface area (Å²) in [7, 11) is 0. The average Bonchev–Trinajstić information content (AvgIpc) is 3.23. The summed E-state index contributed by atoms with van der Waals surface area (Å²) >= 11 is 3.03. The molecule has 0 spiro atoms. The minimum absolute atomic E-state index is 0.0128. The Kier molecular flexibility index (Phi) is 5.32. The van der Waals surface area contributed by atoms with E-state index in [1.165, 1.54) is 11.8 Å². The number of nitrogens with zero attached hydrogens (tertiary/aromatic N) is 3. The van der Waals surface area contributed by atoms with Crippen LogP contribution in [0.4, 0.5) is 0 Å². The summed E-state index contributed by atoms with van der Waals surface area (Å²) in [6, 6.07) is 13.9. The monoisotopic (exact) mass is 358 g/mol. The molecule has 1 aromatic carbocycles. The van der Waals surface area contributed by atoms with Crippen molar-refractivity contribution >= 4 is 29.0 Å². The van der Waals surface area contributed by atoms with E-state index >= 15 is 0 Å². The van der Waals surface area contributed by atoms with Gasteiger partial charge in [-0.05, 0) is 37.4 Å². The number of benzene rings is 1. The second-order valence-electron chi connectivity index (χ2n) is 5.29. The highest BCUT2D eigenvalue weighted by Gasteiger charge is 2.15. The molecule has 0 fully saturated rings. The van der Waals surface area contributed by atoms with E-state index in [9.17, 15) is 4.79 Å². The number of nitrogens with one attached hydrogen (secondary N) is 1. The van der Waals surface area contributed by atoms with Gasteiger partial charge in [0.2, 0.25) is 5.91 Å². The first-order chi connectivity index (χ1) is 11.6. The van der Waals surface area contributed by atoms with Crippen molar-refractivity contribution in [3.05, 3.63) is 58.5 Å². The lowest BCUT2D eigenvalue weighted by molar-refractivity contribution is -0.119. The van der Waals surface area contributed by atoms with Gasteiger partial charge in [-0.15, -0.1) is 21.5 Å². The first kappa shape index (κ1) is 16.7. The number of amides is 1. The normalized spacial score (nSPS) is 12.1. The highest BCUT2D eigenvalue weighted by atomic mass is 32.2. The van der Waals surface area contributed by atoms with Crippen molar-refractivity contribution in [3.63, 3.8) is 0 Å². The Balaban J connectivity index is 1.64. The average molecular weight is 358 g/mol. The molecule has 0 saturated carbocycles. The Hall–Kier alpha value is -2.12.